The smallest absolute Gasteiger partial charge is 0.383 e. The van der Waals surface area contributed by atoms with E-state index in [9.17, 15) is 4.79 Å². The zero-order valence-corrected chi connectivity index (χ0v) is 12.6. The predicted octanol–water partition coefficient (Wildman–Crippen LogP) is 1.84. The van der Waals surface area contributed by atoms with Crippen molar-refractivity contribution in [2.24, 2.45) is 0 Å². The Bertz CT molecular complexity index is 464. The Labute approximate surface area is 119 Å². The molecule has 0 N–H and O–H groups in total. The second kappa shape index (κ2) is 5.83. The lowest BCUT2D eigenvalue weighted by Gasteiger charge is -2.22. The molecular formula is C14H23N3O3. The summed E-state index contributed by atoms with van der Waals surface area (Å²) < 4.78 is 5.13. The normalized spacial score (nSPS) is 19.4. The van der Waals surface area contributed by atoms with E-state index in [-0.39, 0.29) is 17.6 Å². The molecule has 1 aliphatic rings. The first kappa shape index (κ1) is 14.8. The monoisotopic (exact) mass is 281 g/mol. The molecule has 1 aliphatic heterocycles. The SMILES string of the molecule is COCC1CCCN1C(=O)On1ccc(C(C)(C)C)n1. The minimum absolute atomic E-state index is 0.0656. The number of methoxy groups -OCH3 is 1. The van der Waals surface area contributed by atoms with Gasteiger partial charge in [-0.05, 0) is 18.9 Å². The van der Waals surface area contributed by atoms with Crippen LogP contribution in [0.1, 0.15) is 39.3 Å². The highest BCUT2D eigenvalue weighted by atomic mass is 16.7. The van der Waals surface area contributed by atoms with Gasteiger partial charge in [0.25, 0.3) is 0 Å². The first-order chi connectivity index (χ1) is 9.41. The maximum absolute atomic E-state index is 12.1. The highest BCUT2D eigenvalue weighted by Gasteiger charge is 2.30. The van der Waals surface area contributed by atoms with Gasteiger partial charge >= 0.3 is 6.09 Å². The van der Waals surface area contributed by atoms with Crippen molar-refractivity contribution in [3.05, 3.63) is 18.0 Å². The Kier molecular flexibility index (Phi) is 4.32. The quantitative estimate of drug-likeness (QED) is 0.848. The standard InChI is InChI=1S/C14H23N3O3/c1-14(2,3)12-7-9-17(15-12)20-13(18)16-8-5-6-11(16)10-19-4/h7,9,11H,5-6,8,10H2,1-4H3. The fourth-order valence-electron chi connectivity index (χ4n) is 2.33. The Morgan fingerprint density at radius 1 is 1.50 bits per heavy atom. The van der Waals surface area contributed by atoms with E-state index in [0.29, 0.717) is 13.2 Å². The van der Waals surface area contributed by atoms with E-state index in [2.05, 4.69) is 25.9 Å². The Morgan fingerprint density at radius 2 is 2.25 bits per heavy atom. The van der Waals surface area contributed by atoms with Crippen molar-refractivity contribution in [3.8, 4) is 0 Å². The van der Waals surface area contributed by atoms with Gasteiger partial charge in [-0.2, -0.15) is 0 Å². The van der Waals surface area contributed by atoms with Crippen molar-refractivity contribution in [3.63, 3.8) is 0 Å². The molecule has 0 spiro atoms. The lowest BCUT2D eigenvalue weighted by molar-refractivity contribution is 0.0578. The molecule has 0 radical (unpaired) electrons. The molecule has 0 bridgehead atoms. The van der Waals surface area contributed by atoms with Crippen molar-refractivity contribution >= 4 is 6.09 Å². The van der Waals surface area contributed by atoms with E-state index in [4.69, 9.17) is 9.57 Å². The van der Waals surface area contributed by atoms with Crippen LogP contribution in [0.3, 0.4) is 0 Å². The first-order valence-electron chi connectivity index (χ1n) is 6.96. The van der Waals surface area contributed by atoms with Crippen LogP contribution in [0.2, 0.25) is 0 Å². The lowest BCUT2D eigenvalue weighted by Crippen LogP contribution is -2.42. The van der Waals surface area contributed by atoms with E-state index in [1.807, 2.05) is 6.07 Å². The summed E-state index contributed by atoms with van der Waals surface area (Å²) in [6, 6.07) is 1.97. The van der Waals surface area contributed by atoms with Crippen molar-refractivity contribution in [2.75, 3.05) is 20.3 Å². The van der Waals surface area contributed by atoms with Crippen molar-refractivity contribution in [1.82, 2.24) is 14.8 Å². The number of nitrogens with zero attached hydrogens (tertiary/aromatic N) is 3. The second-order valence-electron chi connectivity index (χ2n) is 6.16. The van der Waals surface area contributed by atoms with Crippen LogP contribution in [-0.2, 0) is 10.2 Å². The molecule has 0 aromatic carbocycles. The van der Waals surface area contributed by atoms with E-state index in [0.717, 1.165) is 18.5 Å². The van der Waals surface area contributed by atoms with Crippen LogP contribution < -0.4 is 4.84 Å². The summed E-state index contributed by atoms with van der Waals surface area (Å²) >= 11 is 0. The van der Waals surface area contributed by atoms with Crippen molar-refractivity contribution in [1.29, 1.82) is 0 Å². The molecule has 112 valence electrons. The van der Waals surface area contributed by atoms with Gasteiger partial charge in [0.2, 0.25) is 0 Å². The third-order valence-electron chi connectivity index (χ3n) is 3.48. The number of carbonyl (C=O) groups excluding carboxylic acids is 1. The summed E-state index contributed by atoms with van der Waals surface area (Å²) in [5.41, 5.74) is 0.823. The van der Waals surface area contributed by atoms with E-state index >= 15 is 0 Å². The molecule has 20 heavy (non-hydrogen) atoms. The van der Waals surface area contributed by atoms with Crippen LogP contribution in [0, 0.1) is 0 Å². The van der Waals surface area contributed by atoms with Gasteiger partial charge in [0.1, 0.15) is 0 Å². The molecule has 0 saturated carbocycles. The maximum atomic E-state index is 12.1. The lowest BCUT2D eigenvalue weighted by atomic mass is 9.93. The first-order valence-corrected chi connectivity index (χ1v) is 6.96. The summed E-state index contributed by atoms with van der Waals surface area (Å²) in [6.45, 7) is 7.45. The second-order valence-corrected chi connectivity index (χ2v) is 6.16. The Balaban J connectivity index is 1.99. The van der Waals surface area contributed by atoms with Gasteiger partial charge in [-0.25, -0.2) is 4.79 Å². The summed E-state index contributed by atoms with van der Waals surface area (Å²) in [7, 11) is 1.64. The van der Waals surface area contributed by atoms with Crippen molar-refractivity contribution in [2.45, 2.75) is 45.1 Å². The third-order valence-corrected chi connectivity index (χ3v) is 3.48. The molecule has 6 heteroatoms. The van der Waals surface area contributed by atoms with Crippen LogP contribution in [0.4, 0.5) is 4.79 Å². The summed E-state index contributed by atoms with van der Waals surface area (Å²) in [4.78, 5) is 20.4. The van der Waals surface area contributed by atoms with Gasteiger partial charge in [0.15, 0.2) is 0 Å². The van der Waals surface area contributed by atoms with E-state index in [1.165, 1.54) is 4.85 Å². The number of ether oxygens (including phenoxy) is 1. The van der Waals surface area contributed by atoms with Gasteiger partial charge in [-0.15, -0.1) is 5.10 Å². The number of likely N-dealkylation sites (tertiary alicyclic amines) is 1. The Hall–Kier alpha value is -1.56. The number of hydrogen-bond acceptors (Lipinski definition) is 4. The van der Waals surface area contributed by atoms with Gasteiger partial charge in [0.05, 0.1) is 24.5 Å². The number of carbonyl (C=O) groups is 1. The zero-order chi connectivity index (χ0) is 14.8. The molecule has 1 aromatic heterocycles. The van der Waals surface area contributed by atoms with E-state index < -0.39 is 0 Å². The van der Waals surface area contributed by atoms with Crippen molar-refractivity contribution < 1.29 is 14.4 Å². The molecule has 1 atom stereocenters. The molecule has 2 rings (SSSR count). The molecule has 2 heterocycles. The van der Waals surface area contributed by atoms with Gasteiger partial charge < -0.3 is 9.64 Å². The number of amides is 1. The van der Waals surface area contributed by atoms with Crippen LogP contribution in [0.25, 0.3) is 0 Å². The number of hydrogen-bond donors (Lipinski definition) is 0. The molecule has 6 nitrogen and oxygen atoms in total. The molecule has 1 unspecified atom stereocenters. The predicted molar refractivity (Wildman–Crippen MR) is 74.5 cm³/mol. The Morgan fingerprint density at radius 3 is 2.85 bits per heavy atom. The van der Waals surface area contributed by atoms with Crippen LogP contribution >= 0.6 is 0 Å². The van der Waals surface area contributed by atoms with Crippen LogP contribution in [0.15, 0.2) is 12.3 Å². The van der Waals surface area contributed by atoms with Gasteiger partial charge in [0, 0.05) is 19.1 Å². The molecule has 1 aromatic rings. The third kappa shape index (κ3) is 3.30. The van der Waals surface area contributed by atoms with E-state index in [1.54, 1.807) is 18.2 Å². The minimum Gasteiger partial charge on any atom is -0.383 e. The molecule has 0 aliphatic carbocycles. The average molecular weight is 281 g/mol. The molecule has 1 fully saturated rings. The fourth-order valence-corrected chi connectivity index (χ4v) is 2.33. The highest BCUT2D eigenvalue weighted by Crippen LogP contribution is 2.20. The van der Waals surface area contributed by atoms with Gasteiger partial charge in [-0.3, -0.25) is 4.84 Å². The largest absolute Gasteiger partial charge is 0.436 e. The highest BCUT2D eigenvalue weighted by molar-refractivity contribution is 5.68. The van der Waals surface area contributed by atoms with Gasteiger partial charge in [-0.1, -0.05) is 25.6 Å². The summed E-state index contributed by atoms with van der Waals surface area (Å²) in [5, 5.41) is 4.28. The summed E-state index contributed by atoms with van der Waals surface area (Å²) in [5.74, 6) is 0. The molecule has 1 saturated heterocycles. The summed E-state index contributed by atoms with van der Waals surface area (Å²) in [6.07, 6.45) is 3.23. The maximum Gasteiger partial charge on any atom is 0.436 e. The molecular weight excluding hydrogens is 258 g/mol. The van der Waals surface area contributed by atoms with Crippen LogP contribution in [-0.4, -0.2) is 47.2 Å². The number of rotatable bonds is 3. The zero-order valence-electron chi connectivity index (χ0n) is 12.6. The van der Waals surface area contributed by atoms with Crippen LogP contribution in [0.5, 0.6) is 0 Å². The topological polar surface area (TPSA) is 56.6 Å². The average Bonchev–Trinajstić information content (AvgIpc) is 2.97. The molecule has 1 amide bonds. The minimum atomic E-state index is -0.367. The number of aromatic nitrogens is 2. The fraction of sp³-hybridized carbons (Fsp3) is 0.714.